The van der Waals surface area contributed by atoms with E-state index in [1.165, 1.54) is 0 Å². The van der Waals surface area contributed by atoms with Crippen molar-refractivity contribution in [1.82, 2.24) is 34.7 Å². The van der Waals surface area contributed by atoms with Gasteiger partial charge in [0.15, 0.2) is 11.6 Å². The van der Waals surface area contributed by atoms with Gasteiger partial charge in [0.2, 0.25) is 0 Å². The van der Waals surface area contributed by atoms with E-state index in [0.29, 0.717) is 24.7 Å². The number of unbranched alkanes of at least 4 members (excludes halogenated alkanes) is 1. The van der Waals surface area contributed by atoms with Crippen molar-refractivity contribution in [2.24, 2.45) is 11.8 Å². The van der Waals surface area contributed by atoms with Crippen molar-refractivity contribution >= 4 is 5.78 Å². The fourth-order valence-electron chi connectivity index (χ4n) is 5.48. The number of Topliss-reactive ketones (excluding diaryl/α,β-unsaturated/α-hetero) is 1. The largest absolute Gasteiger partial charge is 0.329 e. The first-order chi connectivity index (χ1) is 18.0. The first-order valence-corrected chi connectivity index (χ1v) is 13.1. The van der Waals surface area contributed by atoms with Gasteiger partial charge in [0.1, 0.15) is 0 Å². The molecule has 1 aliphatic carbocycles. The minimum absolute atomic E-state index is 0.111. The number of nitrogens with zero attached hydrogens (tertiary/aromatic N) is 6. The van der Waals surface area contributed by atoms with Crippen LogP contribution in [0.4, 0.5) is 0 Å². The first-order valence-electron chi connectivity index (χ1n) is 13.1. The summed E-state index contributed by atoms with van der Waals surface area (Å²) in [4.78, 5) is 31.1. The number of carbonyl (C=O) groups is 1. The molecule has 9 heteroatoms. The van der Waals surface area contributed by atoms with E-state index in [4.69, 9.17) is 0 Å². The van der Waals surface area contributed by atoms with Gasteiger partial charge in [-0.05, 0) is 64.3 Å². The van der Waals surface area contributed by atoms with Gasteiger partial charge in [-0.15, -0.1) is 5.10 Å². The Morgan fingerprint density at radius 1 is 1.11 bits per heavy atom. The molecule has 4 aromatic rings. The zero-order chi connectivity index (χ0) is 25.9. The van der Waals surface area contributed by atoms with Gasteiger partial charge >= 0.3 is 5.69 Å². The van der Waals surface area contributed by atoms with Crippen molar-refractivity contribution in [1.29, 1.82) is 0 Å². The van der Waals surface area contributed by atoms with Gasteiger partial charge in [-0.3, -0.25) is 18.9 Å². The van der Waals surface area contributed by atoms with Gasteiger partial charge in [0.25, 0.3) is 0 Å². The third kappa shape index (κ3) is 4.90. The summed E-state index contributed by atoms with van der Waals surface area (Å²) in [7, 11) is 0. The number of nitrogens with one attached hydrogen (secondary N) is 1. The average Bonchev–Trinajstić information content (AvgIpc) is 3.64. The van der Waals surface area contributed by atoms with Crippen LogP contribution in [0.25, 0.3) is 22.5 Å². The van der Waals surface area contributed by atoms with Crippen LogP contribution in [0.5, 0.6) is 0 Å². The number of benzene rings is 1. The average molecular weight is 500 g/mol. The highest BCUT2D eigenvalue weighted by molar-refractivity contribution is 5.85. The van der Waals surface area contributed by atoms with Gasteiger partial charge in [-0.1, -0.05) is 51.5 Å². The fraction of sp³-hybridized carbons (Fsp3) is 0.429. The number of aromatic nitrogens is 7. The number of rotatable bonds is 9. The predicted octanol–water partition coefficient (Wildman–Crippen LogP) is 4.46. The number of ketones is 1. The topological polar surface area (TPSA) is 111 Å². The normalized spacial score (nSPS) is 17.7. The number of imidazole rings is 1. The number of hydrogen-bond donors (Lipinski definition) is 1. The zero-order valence-electron chi connectivity index (χ0n) is 21.6. The van der Waals surface area contributed by atoms with Gasteiger partial charge in [0.05, 0.1) is 12.6 Å². The van der Waals surface area contributed by atoms with Crippen LogP contribution in [0.15, 0.2) is 53.7 Å². The number of pyridine rings is 1. The molecule has 3 heterocycles. The summed E-state index contributed by atoms with van der Waals surface area (Å²) >= 11 is 0. The van der Waals surface area contributed by atoms with E-state index in [1.807, 2.05) is 47.3 Å². The van der Waals surface area contributed by atoms with Crippen molar-refractivity contribution in [3.8, 4) is 22.5 Å². The molecule has 1 aromatic carbocycles. The van der Waals surface area contributed by atoms with Gasteiger partial charge in [-0.25, -0.2) is 9.89 Å². The van der Waals surface area contributed by atoms with E-state index in [0.717, 1.165) is 53.6 Å². The third-order valence-corrected chi connectivity index (χ3v) is 7.54. The molecule has 3 aromatic heterocycles. The summed E-state index contributed by atoms with van der Waals surface area (Å²) in [6.45, 7) is 6.83. The van der Waals surface area contributed by atoms with E-state index in [2.05, 4.69) is 46.4 Å². The van der Waals surface area contributed by atoms with Crippen LogP contribution in [-0.2, 0) is 17.8 Å². The van der Waals surface area contributed by atoms with E-state index in [1.54, 1.807) is 10.8 Å². The Balaban J connectivity index is 1.51. The summed E-state index contributed by atoms with van der Waals surface area (Å²) < 4.78 is 3.56. The van der Waals surface area contributed by atoms with Crippen molar-refractivity contribution in [3.05, 3.63) is 70.7 Å². The summed E-state index contributed by atoms with van der Waals surface area (Å²) in [5, 5.41) is 14.0. The number of aryl methyl sites for hydroxylation is 1. The van der Waals surface area contributed by atoms with Crippen molar-refractivity contribution in [3.63, 3.8) is 0 Å². The molecule has 5 rings (SSSR count). The van der Waals surface area contributed by atoms with E-state index >= 15 is 0 Å². The van der Waals surface area contributed by atoms with Crippen LogP contribution in [0.1, 0.15) is 63.8 Å². The Hall–Kier alpha value is -3.88. The molecule has 0 saturated heterocycles. The van der Waals surface area contributed by atoms with Crippen LogP contribution >= 0.6 is 0 Å². The molecule has 1 N–H and O–H groups in total. The lowest BCUT2D eigenvalue weighted by molar-refractivity contribution is -0.120. The number of aromatic amines is 1. The molecule has 2 unspecified atom stereocenters. The number of hydrogen-bond acceptors (Lipinski definition) is 6. The van der Waals surface area contributed by atoms with Crippen molar-refractivity contribution < 1.29 is 4.79 Å². The number of carbonyl (C=O) groups excluding carboxylic acids is 1. The molecule has 0 spiro atoms. The summed E-state index contributed by atoms with van der Waals surface area (Å²) in [5.41, 5.74) is 4.72. The lowest BCUT2D eigenvalue weighted by Gasteiger charge is -2.22. The van der Waals surface area contributed by atoms with Gasteiger partial charge < -0.3 is 0 Å². The molecule has 0 bridgehead atoms. The minimum Gasteiger partial charge on any atom is -0.297 e. The number of tetrazole rings is 1. The van der Waals surface area contributed by atoms with E-state index in [9.17, 15) is 9.59 Å². The molecule has 1 aliphatic rings. The Morgan fingerprint density at radius 3 is 2.59 bits per heavy atom. The quantitative estimate of drug-likeness (QED) is 0.364. The summed E-state index contributed by atoms with van der Waals surface area (Å²) in [6.07, 6.45) is 9.73. The van der Waals surface area contributed by atoms with E-state index < -0.39 is 0 Å². The Kier molecular flexibility index (Phi) is 7.12. The van der Waals surface area contributed by atoms with Crippen molar-refractivity contribution in [2.75, 3.05) is 0 Å². The molecule has 0 aliphatic heterocycles. The highest BCUT2D eigenvalue weighted by atomic mass is 16.2. The van der Waals surface area contributed by atoms with Gasteiger partial charge in [-0.2, -0.15) is 0 Å². The minimum atomic E-state index is -0.374. The highest BCUT2D eigenvalue weighted by Crippen LogP contribution is 2.37. The SMILES string of the molecule is CCCCc1cn(C2C(=O)CCC2C(C)C)c(=O)n1Cc1cnccc1-c1ccc(-c2nnn[nH]2)cc1. The Bertz CT molecular complexity index is 1420. The highest BCUT2D eigenvalue weighted by Gasteiger charge is 2.39. The van der Waals surface area contributed by atoms with Crippen molar-refractivity contribution in [2.45, 2.75) is 65.5 Å². The molecule has 1 fully saturated rings. The zero-order valence-corrected chi connectivity index (χ0v) is 21.6. The van der Waals surface area contributed by atoms with Crippen LogP contribution in [-0.4, -0.2) is 40.5 Å². The second-order valence-electron chi connectivity index (χ2n) is 10.2. The maximum absolute atomic E-state index is 13.8. The Labute approximate surface area is 216 Å². The molecular weight excluding hydrogens is 466 g/mol. The summed E-state index contributed by atoms with van der Waals surface area (Å²) in [6, 6.07) is 9.58. The lowest BCUT2D eigenvalue weighted by atomic mass is 9.90. The maximum Gasteiger partial charge on any atom is 0.329 e. The number of H-pyrrole nitrogens is 1. The van der Waals surface area contributed by atoms with Crippen LogP contribution in [0, 0.1) is 11.8 Å². The van der Waals surface area contributed by atoms with Crippen LogP contribution in [0.3, 0.4) is 0 Å². The third-order valence-electron chi connectivity index (χ3n) is 7.54. The molecule has 1 saturated carbocycles. The molecule has 2 atom stereocenters. The van der Waals surface area contributed by atoms with Gasteiger partial charge in [0, 0.05) is 36.3 Å². The fourth-order valence-corrected chi connectivity index (χ4v) is 5.48. The molecule has 37 heavy (non-hydrogen) atoms. The second-order valence-corrected chi connectivity index (χ2v) is 10.2. The molecular formula is C28H33N7O2. The molecule has 192 valence electrons. The molecule has 0 radical (unpaired) electrons. The molecule has 9 nitrogen and oxygen atoms in total. The monoisotopic (exact) mass is 499 g/mol. The molecule has 0 amide bonds. The summed E-state index contributed by atoms with van der Waals surface area (Å²) in [5.74, 6) is 1.30. The van der Waals surface area contributed by atoms with Crippen LogP contribution in [0.2, 0.25) is 0 Å². The van der Waals surface area contributed by atoms with E-state index in [-0.39, 0.29) is 23.4 Å². The lowest BCUT2D eigenvalue weighted by Crippen LogP contribution is -2.33. The smallest absolute Gasteiger partial charge is 0.297 e. The first kappa shape index (κ1) is 24.8. The van der Waals surface area contributed by atoms with Crippen LogP contribution < -0.4 is 5.69 Å². The maximum atomic E-state index is 13.8. The standard InChI is InChI=1S/C28H33N7O2/c1-4-5-6-22-17-35(26-23(18(2)3)11-12-25(26)36)28(37)34(22)16-21-15-29-14-13-24(21)19-7-9-20(10-8-19)27-30-32-33-31-27/h7-10,13-15,17-18,23,26H,4-6,11-12,16H2,1-3H3,(H,30,31,32,33). The second kappa shape index (κ2) is 10.6. The Morgan fingerprint density at radius 2 is 1.89 bits per heavy atom. The predicted molar refractivity (Wildman–Crippen MR) is 141 cm³/mol.